The average Bonchev–Trinajstić information content (AvgIpc) is 2.48. The molecule has 2 rings (SSSR count). The normalized spacial score (nSPS) is 12.2. The minimum atomic E-state index is -0.910. The third-order valence-electron chi connectivity index (χ3n) is 3.15. The minimum absolute atomic E-state index is 0.0946. The van der Waals surface area contributed by atoms with Crippen molar-refractivity contribution in [1.29, 1.82) is 0 Å². The van der Waals surface area contributed by atoms with Crippen LogP contribution in [0.15, 0.2) is 42.5 Å². The molecule has 0 aliphatic carbocycles. The number of aryl methyl sites for hydroxylation is 1. The summed E-state index contributed by atoms with van der Waals surface area (Å²) < 4.78 is 32.4. The maximum absolute atomic E-state index is 13.6. The molecule has 1 unspecified atom stereocenters. The summed E-state index contributed by atoms with van der Waals surface area (Å²) in [5.41, 5.74) is 7.05. The van der Waals surface area contributed by atoms with E-state index in [1.54, 1.807) is 0 Å². The van der Waals surface area contributed by atoms with E-state index in [-0.39, 0.29) is 12.2 Å². The van der Waals surface area contributed by atoms with E-state index in [1.807, 2.05) is 31.2 Å². The van der Waals surface area contributed by atoms with Crippen LogP contribution in [0.4, 0.5) is 8.78 Å². The van der Waals surface area contributed by atoms with Crippen LogP contribution < -0.4 is 10.5 Å². The van der Waals surface area contributed by atoms with Gasteiger partial charge in [0.15, 0.2) is 11.6 Å². The summed E-state index contributed by atoms with van der Waals surface area (Å²) in [7, 11) is 0. The zero-order valence-electron chi connectivity index (χ0n) is 11.3. The summed E-state index contributed by atoms with van der Waals surface area (Å²) in [4.78, 5) is 0. The van der Waals surface area contributed by atoms with Gasteiger partial charge in [-0.05, 0) is 24.1 Å². The summed E-state index contributed by atoms with van der Waals surface area (Å²) in [5.74, 6) is -1.08. The van der Waals surface area contributed by atoms with Gasteiger partial charge in [0.2, 0.25) is 0 Å². The molecule has 0 aromatic heterocycles. The molecule has 106 valence electrons. The zero-order valence-corrected chi connectivity index (χ0v) is 11.3. The molecule has 0 saturated carbocycles. The molecule has 4 heteroatoms. The van der Waals surface area contributed by atoms with Crippen LogP contribution in [0.2, 0.25) is 0 Å². The van der Waals surface area contributed by atoms with E-state index in [0.29, 0.717) is 0 Å². The Morgan fingerprint density at radius 3 is 2.60 bits per heavy atom. The van der Waals surface area contributed by atoms with E-state index >= 15 is 0 Å². The van der Waals surface area contributed by atoms with Crippen LogP contribution in [0, 0.1) is 11.6 Å². The van der Waals surface area contributed by atoms with Crippen LogP contribution in [-0.2, 0) is 6.42 Å². The first-order valence-electron chi connectivity index (χ1n) is 6.53. The molecule has 0 fully saturated rings. The highest BCUT2D eigenvalue weighted by Crippen LogP contribution is 2.22. The molecule has 0 aliphatic rings. The predicted octanol–water partition coefficient (Wildman–Crippen LogP) is 3.61. The van der Waals surface area contributed by atoms with Crippen molar-refractivity contribution < 1.29 is 13.5 Å². The molecule has 2 N–H and O–H groups in total. The van der Waals surface area contributed by atoms with Crippen molar-refractivity contribution in [2.45, 2.75) is 19.4 Å². The molecule has 0 spiro atoms. The monoisotopic (exact) mass is 277 g/mol. The van der Waals surface area contributed by atoms with Crippen LogP contribution >= 0.6 is 0 Å². The largest absolute Gasteiger partial charge is 0.491 e. The molecule has 0 bridgehead atoms. The number of benzene rings is 2. The van der Waals surface area contributed by atoms with E-state index in [4.69, 9.17) is 10.5 Å². The summed E-state index contributed by atoms with van der Waals surface area (Å²) in [5, 5.41) is 0. The second-order valence-corrected chi connectivity index (χ2v) is 4.52. The molecule has 0 amide bonds. The summed E-state index contributed by atoms with van der Waals surface area (Å²) >= 11 is 0. The first-order valence-corrected chi connectivity index (χ1v) is 6.53. The van der Waals surface area contributed by atoms with Gasteiger partial charge in [-0.1, -0.05) is 37.3 Å². The van der Waals surface area contributed by atoms with Crippen molar-refractivity contribution in [2.24, 2.45) is 5.73 Å². The molecule has 2 aromatic carbocycles. The molecule has 0 radical (unpaired) electrons. The molecule has 20 heavy (non-hydrogen) atoms. The van der Waals surface area contributed by atoms with Crippen LogP contribution in [0.25, 0.3) is 0 Å². The van der Waals surface area contributed by atoms with Gasteiger partial charge in [-0.15, -0.1) is 0 Å². The maximum atomic E-state index is 13.6. The van der Waals surface area contributed by atoms with Gasteiger partial charge in [0, 0.05) is 5.56 Å². The number of nitrogens with two attached hydrogens (primary N) is 1. The summed E-state index contributed by atoms with van der Waals surface area (Å²) in [6, 6.07) is 10.9. The Hall–Kier alpha value is -1.94. The quantitative estimate of drug-likeness (QED) is 0.906. The van der Waals surface area contributed by atoms with E-state index in [9.17, 15) is 8.78 Å². The Balaban J connectivity index is 2.09. The van der Waals surface area contributed by atoms with Crippen molar-refractivity contribution in [3.8, 4) is 5.75 Å². The molecular weight excluding hydrogens is 260 g/mol. The van der Waals surface area contributed by atoms with Gasteiger partial charge >= 0.3 is 0 Å². The Morgan fingerprint density at radius 2 is 1.85 bits per heavy atom. The Kier molecular flexibility index (Phi) is 4.69. The fourth-order valence-electron chi connectivity index (χ4n) is 2.01. The van der Waals surface area contributed by atoms with Gasteiger partial charge in [-0.2, -0.15) is 0 Å². The fraction of sp³-hybridized carbons (Fsp3) is 0.250. The van der Waals surface area contributed by atoms with Crippen LogP contribution in [-0.4, -0.2) is 6.61 Å². The lowest BCUT2D eigenvalue weighted by molar-refractivity contribution is 0.284. The van der Waals surface area contributed by atoms with Gasteiger partial charge in [0.25, 0.3) is 0 Å². The van der Waals surface area contributed by atoms with E-state index in [2.05, 4.69) is 0 Å². The topological polar surface area (TPSA) is 35.2 Å². The molecular formula is C16H17F2NO. The van der Waals surface area contributed by atoms with E-state index in [0.717, 1.165) is 23.8 Å². The fourth-order valence-corrected chi connectivity index (χ4v) is 2.01. The van der Waals surface area contributed by atoms with Gasteiger partial charge in [0.05, 0.1) is 6.04 Å². The number of para-hydroxylation sites is 1. The Morgan fingerprint density at radius 1 is 1.10 bits per heavy atom. The van der Waals surface area contributed by atoms with Crippen LogP contribution in [0.5, 0.6) is 5.75 Å². The van der Waals surface area contributed by atoms with Crippen LogP contribution in [0.1, 0.15) is 24.1 Å². The summed E-state index contributed by atoms with van der Waals surface area (Å²) in [6.45, 7) is 2.12. The first-order chi connectivity index (χ1) is 9.63. The number of ether oxygens (including phenoxy) is 1. The Bertz CT molecular complexity index is 586. The standard InChI is InChI=1S/C16H17F2NO/c1-2-11-6-3-4-9-15(11)20-10-14(19)12-7-5-8-13(17)16(12)18/h3-9,14H,2,10,19H2,1H3. The molecule has 0 heterocycles. The van der Waals surface area contributed by atoms with Crippen molar-refractivity contribution in [2.75, 3.05) is 6.61 Å². The molecule has 0 saturated heterocycles. The van der Waals surface area contributed by atoms with E-state index in [1.165, 1.54) is 12.1 Å². The minimum Gasteiger partial charge on any atom is -0.491 e. The highest BCUT2D eigenvalue weighted by molar-refractivity contribution is 5.33. The van der Waals surface area contributed by atoms with Crippen molar-refractivity contribution in [3.05, 3.63) is 65.2 Å². The first kappa shape index (κ1) is 14.5. The van der Waals surface area contributed by atoms with Crippen molar-refractivity contribution >= 4 is 0 Å². The van der Waals surface area contributed by atoms with Crippen LogP contribution in [0.3, 0.4) is 0 Å². The highest BCUT2D eigenvalue weighted by atomic mass is 19.2. The lowest BCUT2D eigenvalue weighted by atomic mass is 10.1. The molecule has 1 atom stereocenters. The lowest BCUT2D eigenvalue weighted by Gasteiger charge is -2.16. The van der Waals surface area contributed by atoms with Gasteiger partial charge in [0.1, 0.15) is 12.4 Å². The Labute approximate surface area is 117 Å². The summed E-state index contributed by atoms with van der Waals surface area (Å²) in [6.07, 6.45) is 0.833. The second-order valence-electron chi connectivity index (χ2n) is 4.52. The van der Waals surface area contributed by atoms with Crippen molar-refractivity contribution in [3.63, 3.8) is 0 Å². The second kappa shape index (κ2) is 6.48. The SMILES string of the molecule is CCc1ccccc1OCC(N)c1cccc(F)c1F. The number of rotatable bonds is 5. The highest BCUT2D eigenvalue weighted by Gasteiger charge is 2.15. The maximum Gasteiger partial charge on any atom is 0.163 e. The average molecular weight is 277 g/mol. The number of hydrogen-bond donors (Lipinski definition) is 1. The number of halogens is 2. The third kappa shape index (κ3) is 3.14. The van der Waals surface area contributed by atoms with Crippen molar-refractivity contribution in [1.82, 2.24) is 0 Å². The molecule has 0 aliphatic heterocycles. The third-order valence-corrected chi connectivity index (χ3v) is 3.15. The molecule has 2 nitrogen and oxygen atoms in total. The molecule has 2 aromatic rings. The lowest BCUT2D eigenvalue weighted by Crippen LogP contribution is -2.21. The van der Waals surface area contributed by atoms with Gasteiger partial charge in [-0.25, -0.2) is 8.78 Å². The zero-order chi connectivity index (χ0) is 14.5. The van der Waals surface area contributed by atoms with E-state index < -0.39 is 17.7 Å². The number of hydrogen-bond acceptors (Lipinski definition) is 2. The smallest absolute Gasteiger partial charge is 0.163 e. The predicted molar refractivity (Wildman–Crippen MR) is 74.6 cm³/mol. The van der Waals surface area contributed by atoms with Gasteiger partial charge < -0.3 is 10.5 Å². The van der Waals surface area contributed by atoms with Gasteiger partial charge in [-0.3, -0.25) is 0 Å².